The third-order valence-corrected chi connectivity index (χ3v) is 2.51. The van der Waals surface area contributed by atoms with Crippen molar-refractivity contribution < 1.29 is 4.39 Å². The van der Waals surface area contributed by atoms with Crippen molar-refractivity contribution in [2.45, 2.75) is 6.92 Å². The van der Waals surface area contributed by atoms with Gasteiger partial charge in [-0.25, -0.2) is 4.39 Å². The normalized spacial score (nSPS) is 21.5. The summed E-state index contributed by atoms with van der Waals surface area (Å²) in [4.78, 5) is 2.10. The van der Waals surface area contributed by atoms with Crippen LogP contribution in [-0.2, 0) is 0 Å². The molecule has 68 valence electrons. The molecule has 1 nitrogen and oxygen atoms in total. The highest BCUT2D eigenvalue weighted by molar-refractivity contribution is 5.56. The molecule has 1 saturated heterocycles. The maximum Gasteiger partial charge on any atom is 0.123 e. The molecule has 1 unspecified atom stereocenters. The number of benzene rings is 1. The minimum atomic E-state index is -0.192. The number of nitrogens with zero attached hydrogens (tertiary/aromatic N) is 1. The van der Waals surface area contributed by atoms with E-state index < -0.39 is 0 Å². The van der Waals surface area contributed by atoms with Crippen LogP contribution >= 0.6 is 0 Å². The molecule has 1 aliphatic rings. The summed E-state index contributed by atoms with van der Waals surface area (Å²) in [5.74, 6) is 0.369. The molecule has 0 aliphatic carbocycles. The highest BCUT2D eigenvalue weighted by Crippen LogP contribution is 2.32. The van der Waals surface area contributed by atoms with Crippen molar-refractivity contribution in [3.63, 3.8) is 0 Å². The third-order valence-electron chi connectivity index (χ3n) is 2.51. The summed E-state index contributed by atoms with van der Waals surface area (Å²) < 4.78 is 12.6. The van der Waals surface area contributed by atoms with Gasteiger partial charge in [-0.3, -0.25) is 0 Å². The summed E-state index contributed by atoms with van der Waals surface area (Å²) in [7, 11) is 0. The van der Waals surface area contributed by atoms with E-state index in [1.807, 2.05) is 0 Å². The van der Waals surface area contributed by atoms with E-state index in [2.05, 4.69) is 18.4 Å². The highest BCUT2D eigenvalue weighted by atomic mass is 19.1. The van der Waals surface area contributed by atoms with Crippen LogP contribution in [0.4, 0.5) is 10.1 Å². The predicted octanol–water partition coefficient (Wildman–Crippen LogP) is 2.80. The predicted molar refractivity (Wildman–Crippen MR) is 52.1 cm³/mol. The topological polar surface area (TPSA) is 3.24 Å². The van der Waals surface area contributed by atoms with E-state index in [1.165, 1.54) is 12.1 Å². The molecule has 0 bridgehead atoms. The second-order valence-electron chi connectivity index (χ2n) is 3.48. The van der Waals surface area contributed by atoms with Gasteiger partial charge in [-0.2, -0.15) is 0 Å². The summed E-state index contributed by atoms with van der Waals surface area (Å²) in [6.45, 7) is 7.09. The minimum Gasteiger partial charge on any atom is -0.345 e. The molecule has 1 atom stereocenters. The van der Waals surface area contributed by atoms with Crippen LogP contribution in [-0.4, -0.2) is 6.54 Å². The molecule has 0 N–H and O–H groups in total. The fourth-order valence-corrected chi connectivity index (χ4v) is 1.54. The Morgan fingerprint density at radius 1 is 1.38 bits per heavy atom. The second-order valence-corrected chi connectivity index (χ2v) is 3.48. The smallest absolute Gasteiger partial charge is 0.123 e. The van der Waals surface area contributed by atoms with E-state index in [0.717, 1.165) is 17.9 Å². The molecule has 0 saturated carbocycles. The van der Waals surface area contributed by atoms with Gasteiger partial charge in [-0.05, 0) is 24.3 Å². The summed E-state index contributed by atoms with van der Waals surface area (Å²) >= 11 is 0. The summed E-state index contributed by atoms with van der Waals surface area (Å²) in [5.41, 5.74) is 2.15. The lowest BCUT2D eigenvalue weighted by Crippen LogP contribution is -2.42. The molecule has 13 heavy (non-hydrogen) atoms. The molecule has 0 aromatic heterocycles. The van der Waals surface area contributed by atoms with Crippen molar-refractivity contribution in [2.24, 2.45) is 5.92 Å². The molecule has 0 spiro atoms. The zero-order chi connectivity index (χ0) is 9.42. The summed E-state index contributed by atoms with van der Waals surface area (Å²) in [6.07, 6.45) is 0. The first-order valence-corrected chi connectivity index (χ1v) is 4.40. The van der Waals surface area contributed by atoms with Gasteiger partial charge < -0.3 is 4.90 Å². The Kier molecular flexibility index (Phi) is 1.83. The first-order chi connectivity index (χ1) is 6.18. The van der Waals surface area contributed by atoms with Crippen LogP contribution in [0, 0.1) is 11.7 Å². The fraction of sp³-hybridized carbons (Fsp3) is 0.273. The zero-order valence-corrected chi connectivity index (χ0v) is 7.63. The molecule has 1 heterocycles. The standard InChI is InChI=1S/C11H12FN/c1-8-7-13(9(8)2)11-5-3-10(12)4-6-11/h3-6,8H,2,7H2,1H3. The number of hydrogen-bond acceptors (Lipinski definition) is 1. The van der Waals surface area contributed by atoms with E-state index in [-0.39, 0.29) is 5.82 Å². The highest BCUT2D eigenvalue weighted by Gasteiger charge is 2.27. The van der Waals surface area contributed by atoms with Crippen LogP contribution in [0.5, 0.6) is 0 Å². The van der Waals surface area contributed by atoms with E-state index in [4.69, 9.17) is 0 Å². The van der Waals surface area contributed by atoms with Crippen LogP contribution in [0.15, 0.2) is 36.5 Å². The van der Waals surface area contributed by atoms with Gasteiger partial charge >= 0.3 is 0 Å². The van der Waals surface area contributed by atoms with Gasteiger partial charge in [0, 0.05) is 23.8 Å². The van der Waals surface area contributed by atoms with E-state index in [1.54, 1.807) is 12.1 Å². The van der Waals surface area contributed by atoms with Gasteiger partial charge in [0.15, 0.2) is 0 Å². The Morgan fingerprint density at radius 2 is 2.00 bits per heavy atom. The molecule has 0 amide bonds. The lowest BCUT2D eigenvalue weighted by Gasteiger charge is -2.41. The van der Waals surface area contributed by atoms with Crippen molar-refractivity contribution in [3.05, 3.63) is 42.4 Å². The van der Waals surface area contributed by atoms with Gasteiger partial charge in [0.1, 0.15) is 5.82 Å². The average Bonchev–Trinajstić information content (AvgIpc) is 2.15. The molecule has 1 fully saturated rings. The van der Waals surface area contributed by atoms with Gasteiger partial charge in [0.25, 0.3) is 0 Å². The van der Waals surface area contributed by atoms with Crippen molar-refractivity contribution in [1.82, 2.24) is 0 Å². The SMILES string of the molecule is C=C1C(C)CN1c1ccc(F)cc1. The third kappa shape index (κ3) is 1.32. The van der Waals surface area contributed by atoms with Crippen LogP contribution < -0.4 is 4.90 Å². The van der Waals surface area contributed by atoms with Gasteiger partial charge in [-0.15, -0.1) is 0 Å². The van der Waals surface area contributed by atoms with Gasteiger partial charge in [0.05, 0.1) is 0 Å². The Bertz CT molecular complexity index is 328. The lowest BCUT2D eigenvalue weighted by molar-refractivity contribution is 0.541. The Hall–Kier alpha value is -1.31. The number of rotatable bonds is 1. The maximum atomic E-state index is 12.6. The quantitative estimate of drug-likeness (QED) is 0.637. The molecular weight excluding hydrogens is 165 g/mol. The average molecular weight is 177 g/mol. The maximum absolute atomic E-state index is 12.6. The van der Waals surface area contributed by atoms with Crippen molar-refractivity contribution in [3.8, 4) is 0 Å². The molecule has 1 aromatic carbocycles. The van der Waals surface area contributed by atoms with E-state index in [9.17, 15) is 4.39 Å². The van der Waals surface area contributed by atoms with Gasteiger partial charge in [-0.1, -0.05) is 13.5 Å². The van der Waals surface area contributed by atoms with E-state index >= 15 is 0 Å². The first-order valence-electron chi connectivity index (χ1n) is 4.40. The molecule has 1 aromatic rings. The Balaban J connectivity index is 2.19. The Labute approximate surface area is 77.5 Å². The van der Waals surface area contributed by atoms with Crippen LogP contribution in [0.25, 0.3) is 0 Å². The van der Waals surface area contributed by atoms with Crippen LogP contribution in [0.2, 0.25) is 0 Å². The zero-order valence-electron chi connectivity index (χ0n) is 7.63. The molecule has 0 radical (unpaired) electrons. The molecule has 1 aliphatic heterocycles. The van der Waals surface area contributed by atoms with Crippen molar-refractivity contribution in [1.29, 1.82) is 0 Å². The molecule has 2 rings (SSSR count). The van der Waals surface area contributed by atoms with Crippen LogP contribution in [0.1, 0.15) is 6.92 Å². The van der Waals surface area contributed by atoms with E-state index in [0.29, 0.717) is 5.92 Å². The lowest BCUT2D eigenvalue weighted by atomic mass is 9.97. The largest absolute Gasteiger partial charge is 0.345 e. The second kappa shape index (κ2) is 2.87. The number of anilines is 1. The monoisotopic (exact) mass is 177 g/mol. The molecule has 2 heteroatoms. The Morgan fingerprint density at radius 3 is 2.46 bits per heavy atom. The van der Waals surface area contributed by atoms with Crippen molar-refractivity contribution in [2.75, 3.05) is 11.4 Å². The summed E-state index contributed by atoms with van der Waals surface area (Å²) in [5, 5.41) is 0. The number of hydrogen-bond donors (Lipinski definition) is 0. The number of halogens is 1. The fourth-order valence-electron chi connectivity index (χ4n) is 1.54. The summed E-state index contributed by atoms with van der Waals surface area (Å²) in [6, 6.07) is 6.52. The van der Waals surface area contributed by atoms with Crippen molar-refractivity contribution >= 4 is 5.69 Å². The first kappa shape index (κ1) is 8.30. The minimum absolute atomic E-state index is 0.192. The molecular formula is C11H12FN. The van der Waals surface area contributed by atoms with Crippen LogP contribution in [0.3, 0.4) is 0 Å². The van der Waals surface area contributed by atoms with Gasteiger partial charge in [0.2, 0.25) is 0 Å².